The molecule has 1 aromatic heterocycles. The van der Waals surface area contributed by atoms with E-state index >= 15 is 0 Å². The quantitative estimate of drug-likeness (QED) is 0.489. The molecule has 3 rings (SSSR count). The second-order valence-corrected chi connectivity index (χ2v) is 5.53. The number of carbonyl (C=O) groups excluding carboxylic acids is 1. The molecule has 1 aliphatic carbocycles. The summed E-state index contributed by atoms with van der Waals surface area (Å²) < 4.78 is 11.5. The number of rotatable bonds is 3. The first-order valence-corrected chi connectivity index (χ1v) is 7.15. The first-order valence-electron chi connectivity index (χ1n) is 7.15. The first kappa shape index (κ1) is 13.6. The number of hydrogen-bond acceptors (Lipinski definition) is 5. The monoisotopic (exact) mass is 279 g/mol. The summed E-state index contributed by atoms with van der Waals surface area (Å²) in [4.78, 5) is 14.0. The van der Waals surface area contributed by atoms with E-state index in [9.17, 15) is 4.79 Å². The fourth-order valence-electron chi connectivity index (χ4n) is 3.33. The molecule has 2 heterocycles. The number of amides is 1. The van der Waals surface area contributed by atoms with Crippen LogP contribution in [0.2, 0.25) is 0 Å². The molecule has 2 unspecified atom stereocenters. The molecule has 6 heteroatoms. The second-order valence-electron chi connectivity index (χ2n) is 5.53. The standard InChI is InChI=1S/C14H21N3O3/c1-9-11(14(18)16-15)7-10(20-9)8-17-5-6-19-13-4-2-3-12(13)17/h7,12-13H,2-6,8,15H2,1H3,(H,16,18). The van der Waals surface area contributed by atoms with Crippen molar-refractivity contribution in [3.8, 4) is 0 Å². The molecule has 0 bridgehead atoms. The summed E-state index contributed by atoms with van der Waals surface area (Å²) in [5.74, 6) is 6.29. The number of hydrogen-bond donors (Lipinski definition) is 2. The van der Waals surface area contributed by atoms with E-state index in [2.05, 4.69) is 10.3 Å². The van der Waals surface area contributed by atoms with Crippen LogP contribution in [-0.2, 0) is 11.3 Å². The maximum absolute atomic E-state index is 11.6. The van der Waals surface area contributed by atoms with Gasteiger partial charge in [0.2, 0.25) is 0 Å². The van der Waals surface area contributed by atoms with E-state index in [0.29, 0.717) is 23.5 Å². The van der Waals surface area contributed by atoms with Gasteiger partial charge in [0.05, 0.1) is 24.8 Å². The Balaban J connectivity index is 1.72. The molecule has 1 amide bonds. The van der Waals surface area contributed by atoms with Crippen molar-refractivity contribution in [2.24, 2.45) is 5.84 Å². The molecule has 0 spiro atoms. The van der Waals surface area contributed by atoms with Gasteiger partial charge in [-0.15, -0.1) is 0 Å². The van der Waals surface area contributed by atoms with Crippen LogP contribution in [0.25, 0.3) is 0 Å². The number of nitrogens with one attached hydrogen (secondary N) is 1. The van der Waals surface area contributed by atoms with Gasteiger partial charge in [-0.1, -0.05) is 0 Å². The van der Waals surface area contributed by atoms with Crippen molar-refractivity contribution in [1.29, 1.82) is 0 Å². The highest BCUT2D eigenvalue weighted by atomic mass is 16.5. The van der Waals surface area contributed by atoms with Crippen molar-refractivity contribution in [1.82, 2.24) is 10.3 Å². The van der Waals surface area contributed by atoms with Gasteiger partial charge in [-0.25, -0.2) is 5.84 Å². The number of carbonyl (C=O) groups is 1. The molecule has 1 saturated heterocycles. The maximum atomic E-state index is 11.6. The number of hydrazine groups is 1. The average molecular weight is 279 g/mol. The lowest BCUT2D eigenvalue weighted by Gasteiger charge is -2.37. The predicted molar refractivity (Wildman–Crippen MR) is 72.9 cm³/mol. The smallest absolute Gasteiger partial charge is 0.268 e. The van der Waals surface area contributed by atoms with Crippen LogP contribution in [0.3, 0.4) is 0 Å². The van der Waals surface area contributed by atoms with Gasteiger partial charge in [0, 0.05) is 12.6 Å². The average Bonchev–Trinajstić information content (AvgIpc) is 3.05. The zero-order chi connectivity index (χ0) is 14.1. The van der Waals surface area contributed by atoms with Crippen LogP contribution in [0, 0.1) is 6.92 Å². The van der Waals surface area contributed by atoms with Gasteiger partial charge in [-0.05, 0) is 32.3 Å². The number of morpholine rings is 1. The Bertz CT molecular complexity index is 500. The van der Waals surface area contributed by atoms with E-state index in [4.69, 9.17) is 15.0 Å². The van der Waals surface area contributed by atoms with E-state index in [0.717, 1.165) is 31.9 Å². The number of aryl methyl sites for hydroxylation is 1. The predicted octanol–water partition coefficient (Wildman–Crippen LogP) is 0.945. The highest BCUT2D eigenvalue weighted by molar-refractivity contribution is 5.94. The van der Waals surface area contributed by atoms with Gasteiger partial charge in [0.1, 0.15) is 11.5 Å². The van der Waals surface area contributed by atoms with Gasteiger partial charge >= 0.3 is 0 Å². The molecule has 1 saturated carbocycles. The van der Waals surface area contributed by atoms with E-state index in [1.807, 2.05) is 0 Å². The van der Waals surface area contributed by atoms with Crippen molar-refractivity contribution >= 4 is 5.91 Å². The number of ether oxygens (including phenoxy) is 1. The fourth-order valence-corrected chi connectivity index (χ4v) is 3.33. The zero-order valence-electron chi connectivity index (χ0n) is 11.7. The minimum absolute atomic E-state index is 0.307. The van der Waals surface area contributed by atoms with Gasteiger partial charge in [0.25, 0.3) is 5.91 Å². The largest absolute Gasteiger partial charge is 0.464 e. The van der Waals surface area contributed by atoms with Crippen LogP contribution in [-0.4, -0.2) is 36.1 Å². The first-order chi connectivity index (χ1) is 9.69. The molecule has 1 aliphatic heterocycles. The molecule has 2 aliphatic rings. The summed E-state index contributed by atoms with van der Waals surface area (Å²) in [5.41, 5.74) is 2.66. The van der Waals surface area contributed by atoms with Crippen molar-refractivity contribution in [2.45, 2.75) is 44.9 Å². The van der Waals surface area contributed by atoms with E-state index in [1.54, 1.807) is 13.0 Å². The van der Waals surface area contributed by atoms with Crippen molar-refractivity contribution in [2.75, 3.05) is 13.2 Å². The molecule has 0 aromatic carbocycles. The minimum atomic E-state index is -0.307. The third kappa shape index (κ3) is 2.46. The summed E-state index contributed by atoms with van der Waals surface area (Å²) in [5, 5.41) is 0. The second kappa shape index (κ2) is 5.55. The van der Waals surface area contributed by atoms with Crippen molar-refractivity contribution < 1.29 is 13.9 Å². The summed E-state index contributed by atoms with van der Waals surface area (Å²) in [6.07, 6.45) is 3.93. The molecule has 3 N–H and O–H groups in total. The molecule has 20 heavy (non-hydrogen) atoms. The lowest BCUT2D eigenvalue weighted by molar-refractivity contribution is -0.0606. The minimum Gasteiger partial charge on any atom is -0.464 e. The maximum Gasteiger partial charge on any atom is 0.268 e. The lowest BCUT2D eigenvalue weighted by atomic mass is 10.1. The van der Waals surface area contributed by atoms with E-state index in [-0.39, 0.29) is 5.91 Å². The highest BCUT2D eigenvalue weighted by Gasteiger charge is 2.36. The van der Waals surface area contributed by atoms with Crippen molar-refractivity contribution in [3.63, 3.8) is 0 Å². The molecule has 1 aromatic rings. The SMILES string of the molecule is Cc1oc(CN2CCOC3CCCC32)cc1C(=O)NN. The molecule has 0 radical (unpaired) electrons. The zero-order valence-corrected chi connectivity index (χ0v) is 11.7. The van der Waals surface area contributed by atoms with Crippen LogP contribution in [0.15, 0.2) is 10.5 Å². The molecular formula is C14H21N3O3. The Labute approximate surface area is 118 Å². The number of furan rings is 1. The fraction of sp³-hybridized carbons (Fsp3) is 0.643. The topological polar surface area (TPSA) is 80.7 Å². The van der Waals surface area contributed by atoms with Crippen LogP contribution < -0.4 is 11.3 Å². The Morgan fingerprint density at radius 3 is 3.20 bits per heavy atom. The van der Waals surface area contributed by atoms with Crippen LogP contribution in [0.5, 0.6) is 0 Å². The number of nitrogens with zero attached hydrogens (tertiary/aromatic N) is 1. The summed E-state index contributed by atoms with van der Waals surface area (Å²) in [6, 6.07) is 2.28. The van der Waals surface area contributed by atoms with E-state index in [1.165, 1.54) is 12.8 Å². The van der Waals surface area contributed by atoms with Gasteiger partial charge in [0.15, 0.2) is 0 Å². The van der Waals surface area contributed by atoms with Gasteiger partial charge in [-0.2, -0.15) is 0 Å². The third-order valence-electron chi connectivity index (χ3n) is 4.30. The Kier molecular flexibility index (Phi) is 3.78. The van der Waals surface area contributed by atoms with Crippen LogP contribution in [0.4, 0.5) is 0 Å². The molecule has 2 fully saturated rings. The number of nitrogen functional groups attached to an aromatic ring is 1. The Morgan fingerprint density at radius 1 is 1.55 bits per heavy atom. The molecular weight excluding hydrogens is 258 g/mol. The third-order valence-corrected chi connectivity index (χ3v) is 4.30. The van der Waals surface area contributed by atoms with Crippen LogP contribution in [0.1, 0.15) is 41.1 Å². The van der Waals surface area contributed by atoms with Crippen molar-refractivity contribution in [3.05, 3.63) is 23.2 Å². The lowest BCUT2D eigenvalue weighted by Crippen LogP contribution is -2.47. The van der Waals surface area contributed by atoms with E-state index < -0.39 is 0 Å². The normalized spacial score (nSPS) is 26.5. The Hall–Kier alpha value is -1.37. The van der Waals surface area contributed by atoms with Gasteiger partial charge < -0.3 is 9.15 Å². The highest BCUT2D eigenvalue weighted by Crippen LogP contribution is 2.31. The molecule has 110 valence electrons. The number of nitrogens with two attached hydrogens (primary N) is 1. The summed E-state index contributed by atoms with van der Waals surface area (Å²) in [7, 11) is 0. The summed E-state index contributed by atoms with van der Waals surface area (Å²) in [6.45, 7) is 4.20. The van der Waals surface area contributed by atoms with Crippen LogP contribution >= 0.6 is 0 Å². The summed E-state index contributed by atoms with van der Waals surface area (Å²) >= 11 is 0. The number of fused-ring (bicyclic) bond motifs is 1. The Morgan fingerprint density at radius 2 is 2.40 bits per heavy atom. The molecule has 2 atom stereocenters. The molecule has 6 nitrogen and oxygen atoms in total. The van der Waals surface area contributed by atoms with Gasteiger partial charge in [-0.3, -0.25) is 15.1 Å².